The summed E-state index contributed by atoms with van der Waals surface area (Å²) < 4.78 is 10.7. The van der Waals surface area contributed by atoms with E-state index in [1.54, 1.807) is 36.4 Å². The molecule has 2 N–H and O–H groups in total. The molecule has 0 aliphatic rings. The number of carboxylic acid groups (broad SMARTS) is 1. The fraction of sp³-hybridized carbons (Fsp3) is 0.364. The number of carbonyl (C=O) groups is 2. The molecule has 2 rings (SSSR count). The molecule has 2 aromatic rings. The van der Waals surface area contributed by atoms with E-state index in [9.17, 15) is 9.59 Å². The van der Waals surface area contributed by atoms with Crippen LogP contribution in [0.1, 0.15) is 24.5 Å². The van der Waals surface area contributed by atoms with Gasteiger partial charge in [0.05, 0.1) is 6.42 Å². The van der Waals surface area contributed by atoms with Crippen LogP contribution < -0.4 is 10.1 Å². The van der Waals surface area contributed by atoms with Crippen LogP contribution in [0.4, 0.5) is 0 Å². The van der Waals surface area contributed by atoms with Gasteiger partial charge in [-0.1, -0.05) is 41.4 Å². The Labute approximate surface area is 186 Å². The lowest BCUT2D eigenvalue weighted by Crippen LogP contribution is -2.30. The summed E-state index contributed by atoms with van der Waals surface area (Å²) in [5.41, 5.74) is 1.74. The Kier molecular flexibility index (Phi) is 9.43. The van der Waals surface area contributed by atoms with Crippen LogP contribution in [-0.2, 0) is 27.2 Å². The second kappa shape index (κ2) is 11.8. The first kappa shape index (κ1) is 24.0. The molecule has 2 atom stereocenters. The molecular weight excluding hydrogens is 429 g/mol. The van der Waals surface area contributed by atoms with Crippen LogP contribution in [0.2, 0.25) is 10.0 Å². The van der Waals surface area contributed by atoms with Gasteiger partial charge in [0.15, 0.2) is 6.10 Å². The van der Waals surface area contributed by atoms with Crippen molar-refractivity contribution in [1.29, 1.82) is 0 Å². The standard InChI is InChI=1S/C22H25Cl2NO5/c1-14(11-21(26)25-10-9-16-5-6-17(23)13-19(16)24)30-18-7-3-15(4-8-18)12-20(29-2)22(27)28/h3-8,13-14,20H,9-12H2,1-2H3,(H,25,26)(H,27,28)/t14?,20-/m0/s1. The Hall–Kier alpha value is -2.28. The number of nitrogens with one attached hydrogen (secondary N) is 1. The smallest absolute Gasteiger partial charge is 0.333 e. The molecule has 8 heteroatoms. The molecular formula is C22H25Cl2NO5. The van der Waals surface area contributed by atoms with E-state index in [2.05, 4.69) is 5.32 Å². The molecule has 0 bridgehead atoms. The maximum atomic E-state index is 12.1. The Morgan fingerprint density at radius 2 is 1.83 bits per heavy atom. The van der Waals surface area contributed by atoms with Crippen molar-refractivity contribution in [2.75, 3.05) is 13.7 Å². The van der Waals surface area contributed by atoms with E-state index in [4.69, 9.17) is 37.8 Å². The number of rotatable bonds is 11. The second-order valence-corrected chi connectivity index (χ2v) is 7.72. The number of benzene rings is 2. The van der Waals surface area contributed by atoms with Gasteiger partial charge in [0.2, 0.25) is 5.91 Å². The van der Waals surface area contributed by atoms with Gasteiger partial charge in [-0.15, -0.1) is 0 Å². The molecule has 0 saturated heterocycles. The summed E-state index contributed by atoms with van der Waals surface area (Å²) >= 11 is 12.0. The predicted molar refractivity (Wildman–Crippen MR) is 116 cm³/mol. The van der Waals surface area contributed by atoms with Crippen LogP contribution >= 0.6 is 23.2 Å². The van der Waals surface area contributed by atoms with Gasteiger partial charge in [0.1, 0.15) is 11.9 Å². The number of carboxylic acids is 1. The number of hydrogen-bond donors (Lipinski definition) is 2. The normalized spacial score (nSPS) is 12.8. The Bertz CT molecular complexity index is 857. The lowest BCUT2D eigenvalue weighted by Gasteiger charge is -2.16. The van der Waals surface area contributed by atoms with Crippen LogP contribution in [0.25, 0.3) is 0 Å². The highest BCUT2D eigenvalue weighted by atomic mass is 35.5. The highest BCUT2D eigenvalue weighted by molar-refractivity contribution is 6.35. The third-order valence-electron chi connectivity index (χ3n) is 4.45. The number of methoxy groups -OCH3 is 1. The number of aliphatic carboxylic acids is 1. The van der Waals surface area contributed by atoms with E-state index in [0.29, 0.717) is 28.8 Å². The van der Waals surface area contributed by atoms with Gasteiger partial charge in [-0.25, -0.2) is 4.79 Å². The Morgan fingerprint density at radius 1 is 1.13 bits per heavy atom. The molecule has 0 saturated carbocycles. The van der Waals surface area contributed by atoms with E-state index in [0.717, 1.165) is 11.1 Å². The van der Waals surface area contributed by atoms with Crippen molar-refractivity contribution in [3.63, 3.8) is 0 Å². The van der Waals surface area contributed by atoms with Crippen molar-refractivity contribution in [3.05, 3.63) is 63.6 Å². The average Bonchev–Trinajstić information content (AvgIpc) is 2.68. The second-order valence-electron chi connectivity index (χ2n) is 6.88. The molecule has 162 valence electrons. The first-order valence-electron chi connectivity index (χ1n) is 9.50. The van der Waals surface area contributed by atoms with Crippen molar-refractivity contribution < 1.29 is 24.2 Å². The van der Waals surface area contributed by atoms with E-state index in [1.807, 2.05) is 13.0 Å². The van der Waals surface area contributed by atoms with E-state index in [-0.39, 0.29) is 24.9 Å². The van der Waals surface area contributed by atoms with Crippen LogP contribution in [0, 0.1) is 0 Å². The highest BCUT2D eigenvalue weighted by Gasteiger charge is 2.17. The monoisotopic (exact) mass is 453 g/mol. The highest BCUT2D eigenvalue weighted by Crippen LogP contribution is 2.21. The SMILES string of the molecule is CO[C@@H](Cc1ccc(OC(C)CC(=O)NCCc2ccc(Cl)cc2Cl)cc1)C(=O)O. The van der Waals surface area contributed by atoms with Crippen molar-refractivity contribution >= 4 is 35.1 Å². The summed E-state index contributed by atoms with van der Waals surface area (Å²) in [4.78, 5) is 23.2. The van der Waals surface area contributed by atoms with Crippen molar-refractivity contribution in [2.45, 2.75) is 38.4 Å². The quantitative estimate of drug-likeness (QED) is 0.533. The molecule has 1 unspecified atom stereocenters. The summed E-state index contributed by atoms with van der Waals surface area (Å²) in [5, 5.41) is 13.1. The molecule has 2 aromatic carbocycles. The lowest BCUT2D eigenvalue weighted by molar-refractivity contribution is -0.148. The number of hydrogen-bond acceptors (Lipinski definition) is 4. The average molecular weight is 454 g/mol. The van der Waals surface area contributed by atoms with E-state index >= 15 is 0 Å². The first-order chi connectivity index (χ1) is 14.3. The molecule has 0 aliphatic heterocycles. The molecule has 0 aromatic heterocycles. The number of carbonyl (C=O) groups excluding carboxylic acids is 1. The predicted octanol–water partition coefficient (Wildman–Crippen LogP) is 4.15. The van der Waals surface area contributed by atoms with Crippen LogP contribution in [0.15, 0.2) is 42.5 Å². The lowest BCUT2D eigenvalue weighted by atomic mass is 10.1. The van der Waals surface area contributed by atoms with Gasteiger partial charge in [-0.3, -0.25) is 4.79 Å². The van der Waals surface area contributed by atoms with Crippen LogP contribution in [-0.4, -0.2) is 42.8 Å². The van der Waals surface area contributed by atoms with Crippen LogP contribution in [0.5, 0.6) is 5.75 Å². The summed E-state index contributed by atoms with van der Waals surface area (Å²) in [6.07, 6.45) is -0.123. The zero-order chi connectivity index (χ0) is 22.1. The topological polar surface area (TPSA) is 84.9 Å². The number of ether oxygens (including phenoxy) is 2. The minimum absolute atomic E-state index is 0.117. The largest absolute Gasteiger partial charge is 0.490 e. The third kappa shape index (κ3) is 7.86. The fourth-order valence-corrected chi connectivity index (χ4v) is 3.36. The van der Waals surface area contributed by atoms with Gasteiger partial charge in [-0.05, 0) is 48.7 Å². The molecule has 0 aliphatic carbocycles. The minimum atomic E-state index is -1.00. The molecule has 30 heavy (non-hydrogen) atoms. The maximum absolute atomic E-state index is 12.1. The summed E-state index contributed by atoms with van der Waals surface area (Å²) in [6, 6.07) is 12.4. The summed E-state index contributed by atoms with van der Waals surface area (Å²) in [6.45, 7) is 2.28. The first-order valence-corrected chi connectivity index (χ1v) is 10.3. The Balaban J connectivity index is 1.75. The number of halogens is 2. The molecule has 1 amide bonds. The van der Waals surface area contributed by atoms with Gasteiger partial charge >= 0.3 is 5.97 Å². The minimum Gasteiger partial charge on any atom is -0.490 e. The van der Waals surface area contributed by atoms with Gasteiger partial charge in [0, 0.05) is 30.1 Å². The zero-order valence-electron chi connectivity index (χ0n) is 16.9. The Morgan fingerprint density at radius 3 is 2.43 bits per heavy atom. The number of amides is 1. The van der Waals surface area contributed by atoms with Gasteiger partial charge in [-0.2, -0.15) is 0 Å². The van der Waals surface area contributed by atoms with E-state index in [1.165, 1.54) is 7.11 Å². The van der Waals surface area contributed by atoms with Gasteiger partial charge in [0.25, 0.3) is 0 Å². The molecule has 0 spiro atoms. The van der Waals surface area contributed by atoms with Crippen LogP contribution in [0.3, 0.4) is 0 Å². The van der Waals surface area contributed by atoms with E-state index < -0.39 is 12.1 Å². The molecule has 0 heterocycles. The summed E-state index contributed by atoms with van der Waals surface area (Å²) in [5.74, 6) is -0.513. The molecule has 0 radical (unpaired) electrons. The molecule has 0 fully saturated rings. The van der Waals surface area contributed by atoms with Crippen molar-refractivity contribution in [3.8, 4) is 5.75 Å². The zero-order valence-corrected chi connectivity index (χ0v) is 18.4. The fourth-order valence-electron chi connectivity index (χ4n) is 2.86. The maximum Gasteiger partial charge on any atom is 0.333 e. The third-order valence-corrected chi connectivity index (χ3v) is 5.03. The van der Waals surface area contributed by atoms with Crippen molar-refractivity contribution in [1.82, 2.24) is 5.32 Å². The van der Waals surface area contributed by atoms with Crippen molar-refractivity contribution in [2.24, 2.45) is 0 Å². The summed E-state index contributed by atoms with van der Waals surface area (Å²) in [7, 11) is 1.37. The van der Waals surface area contributed by atoms with Gasteiger partial charge < -0.3 is 19.9 Å². The molecule has 6 nitrogen and oxygen atoms in total.